The van der Waals surface area contributed by atoms with Gasteiger partial charge in [-0.25, -0.2) is 4.98 Å². The van der Waals surface area contributed by atoms with Crippen LogP contribution < -0.4 is 0 Å². The second kappa shape index (κ2) is 5.25. The van der Waals surface area contributed by atoms with E-state index in [-0.39, 0.29) is 0 Å². The standard InChI is InChI=1S/C8H9Br2NS/c1-2-3-12-8-7(10)4-6(9)5-11-8/h4-5H,2-3H2,1H3. The number of nitrogens with zero attached hydrogens (tertiary/aromatic N) is 1. The molecule has 0 N–H and O–H groups in total. The van der Waals surface area contributed by atoms with E-state index in [4.69, 9.17) is 0 Å². The van der Waals surface area contributed by atoms with E-state index in [9.17, 15) is 0 Å². The Labute approximate surface area is 93.6 Å². The van der Waals surface area contributed by atoms with E-state index in [2.05, 4.69) is 43.8 Å². The summed E-state index contributed by atoms with van der Waals surface area (Å²) >= 11 is 8.60. The SMILES string of the molecule is CCCSc1ncc(Br)cc1Br. The van der Waals surface area contributed by atoms with E-state index in [0.29, 0.717) is 0 Å². The topological polar surface area (TPSA) is 12.9 Å². The molecule has 0 saturated carbocycles. The predicted molar refractivity (Wildman–Crippen MR) is 60.7 cm³/mol. The van der Waals surface area contributed by atoms with Gasteiger partial charge >= 0.3 is 0 Å². The summed E-state index contributed by atoms with van der Waals surface area (Å²) in [4.78, 5) is 4.28. The molecule has 0 saturated heterocycles. The van der Waals surface area contributed by atoms with E-state index in [0.717, 1.165) is 19.7 Å². The largest absolute Gasteiger partial charge is 0.248 e. The summed E-state index contributed by atoms with van der Waals surface area (Å²) in [7, 11) is 0. The van der Waals surface area contributed by atoms with Crippen LogP contribution >= 0.6 is 43.6 Å². The monoisotopic (exact) mass is 309 g/mol. The molecule has 1 nitrogen and oxygen atoms in total. The fourth-order valence-electron chi connectivity index (χ4n) is 0.707. The zero-order valence-corrected chi connectivity index (χ0v) is 10.7. The maximum Gasteiger partial charge on any atom is 0.110 e. The van der Waals surface area contributed by atoms with Gasteiger partial charge in [0, 0.05) is 10.7 Å². The van der Waals surface area contributed by atoms with Crippen molar-refractivity contribution in [2.45, 2.75) is 18.4 Å². The second-order valence-corrected chi connectivity index (χ2v) is 5.14. The van der Waals surface area contributed by atoms with Crippen molar-refractivity contribution in [2.24, 2.45) is 0 Å². The van der Waals surface area contributed by atoms with Gasteiger partial charge in [0.25, 0.3) is 0 Å². The minimum atomic E-state index is 1.01. The summed E-state index contributed by atoms with van der Waals surface area (Å²) < 4.78 is 2.07. The molecule has 12 heavy (non-hydrogen) atoms. The fourth-order valence-corrected chi connectivity index (χ4v) is 2.76. The maximum atomic E-state index is 4.28. The molecular formula is C8H9Br2NS. The smallest absolute Gasteiger partial charge is 0.110 e. The molecule has 0 bridgehead atoms. The Morgan fingerprint density at radius 2 is 2.25 bits per heavy atom. The molecule has 0 aliphatic carbocycles. The van der Waals surface area contributed by atoms with Gasteiger partial charge in [0.1, 0.15) is 5.03 Å². The molecule has 1 aromatic heterocycles. The Bertz CT molecular complexity index is 265. The summed E-state index contributed by atoms with van der Waals surface area (Å²) in [5.41, 5.74) is 0. The molecule has 0 radical (unpaired) electrons. The number of rotatable bonds is 3. The van der Waals surface area contributed by atoms with Gasteiger partial charge in [-0.05, 0) is 50.1 Å². The average molecular weight is 311 g/mol. The van der Waals surface area contributed by atoms with Crippen LogP contribution in [0, 0.1) is 0 Å². The van der Waals surface area contributed by atoms with Crippen molar-refractivity contribution < 1.29 is 0 Å². The summed E-state index contributed by atoms with van der Waals surface area (Å²) in [6.07, 6.45) is 3.00. The van der Waals surface area contributed by atoms with Crippen LogP contribution in [0.2, 0.25) is 0 Å². The highest BCUT2D eigenvalue weighted by atomic mass is 79.9. The van der Waals surface area contributed by atoms with Crippen molar-refractivity contribution in [2.75, 3.05) is 5.75 Å². The highest BCUT2D eigenvalue weighted by Gasteiger charge is 2.01. The third-order valence-corrected chi connectivity index (χ3v) is 3.73. The molecule has 0 amide bonds. The highest BCUT2D eigenvalue weighted by molar-refractivity contribution is 9.11. The molecule has 0 unspecified atom stereocenters. The number of halogens is 2. The van der Waals surface area contributed by atoms with E-state index in [1.54, 1.807) is 11.8 Å². The van der Waals surface area contributed by atoms with E-state index in [1.807, 2.05) is 12.3 Å². The minimum Gasteiger partial charge on any atom is -0.248 e. The minimum absolute atomic E-state index is 1.01. The lowest BCUT2D eigenvalue weighted by molar-refractivity contribution is 1.07. The Morgan fingerprint density at radius 1 is 1.50 bits per heavy atom. The quantitative estimate of drug-likeness (QED) is 0.779. The van der Waals surface area contributed by atoms with E-state index >= 15 is 0 Å². The van der Waals surface area contributed by atoms with Gasteiger partial charge in [0.15, 0.2) is 0 Å². The first kappa shape index (κ1) is 10.5. The van der Waals surface area contributed by atoms with E-state index in [1.165, 1.54) is 6.42 Å². The normalized spacial score (nSPS) is 10.2. The first-order valence-electron chi connectivity index (χ1n) is 3.68. The number of hydrogen-bond donors (Lipinski definition) is 0. The van der Waals surface area contributed by atoms with Crippen LogP contribution in [0.25, 0.3) is 0 Å². The van der Waals surface area contributed by atoms with Crippen molar-refractivity contribution in [3.8, 4) is 0 Å². The van der Waals surface area contributed by atoms with Crippen molar-refractivity contribution in [3.63, 3.8) is 0 Å². The predicted octanol–water partition coefficient (Wildman–Crippen LogP) is 4.11. The molecule has 0 atom stereocenters. The van der Waals surface area contributed by atoms with Crippen LogP contribution in [0.1, 0.15) is 13.3 Å². The molecule has 4 heteroatoms. The van der Waals surface area contributed by atoms with Gasteiger partial charge in [-0.2, -0.15) is 0 Å². The van der Waals surface area contributed by atoms with Gasteiger partial charge in [0.2, 0.25) is 0 Å². The summed E-state index contributed by atoms with van der Waals surface area (Å²) in [6, 6.07) is 2.02. The van der Waals surface area contributed by atoms with Gasteiger partial charge in [-0.1, -0.05) is 6.92 Å². The molecule has 1 rings (SSSR count). The number of thioether (sulfide) groups is 1. The third-order valence-electron chi connectivity index (χ3n) is 1.22. The van der Waals surface area contributed by atoms with Gasteiger partial charge < -0.3 is 0 Å². The lowest BCUT2D eigenvalue weighted by Gasteiger charge is -2.01. The Balaban J connectivity index is 2.72. The summed E-state index contributed by atoms with van der Waals surface area (Å²) in [5, 5.41) is 1.07. The highest BCUT2D eigenvalue weighted by Crippen LogP contribution is 2.27. The van der Waals surface area contributed by atoms with Crippen molar-refractivity contribution in [3.05, 3.63) is 21.2 Å². The lowest BCUT2D eigenvalue weighted by atomic mass is 10.5. The van der Waals surface area contributed by atoms with Gasteiger partial charge in [-0.15, -0.1) is 11.8 Å². The molecule has 0 fully saturated rings. The molecule has 1 aromatic rings. The van der Waals surface area contributed by atoms with Crippen molar-refractivity contribution in [1.29, 1.82) is 0 Å². The maximum absolute atomic E-state index is 4.28. The fraction of sp³-hybridized carbons (Fsp3) is 0.375. The molecule has 0 spiro atoms. The van der Waals surface area contributed by atoms with Crippen LogP contribution in [-0.2, 0) is 0 Å². The average Bonchev–Trinajstić information content (AvgIpc) is 2.03. The Kier molecular flexibility index (Phi) is 4.61. The molecule has 0 aromatic carbocycles. The molecule has 0 aliphatic rings. The third kappa shape index (κ3) is 3.07. The van der Waals surface area contributed by atoms with E-state index < -0.39 is 0 Å². The number of aromatic nitrogens is 1. The zero-order chi connectivity index (χ0) is 8.97. The van der Waals surface area contributed by atoms with Crippen LogP contribution in [0.4, 0.5) is 0 Å². The number of pyridine rings is 1. The Hall–Kier alpha value is 0.460. The van der Waals surface area contributed by atoms with Gasteiger partial charge in [-0.3, -0.25) is 0 Å². The molecular weight excluding hydrogens is 302 g/mol. The van der Waals surface area contributed by atoms with Crippen LogP contribution in [-0.4, -0.2) is 10.7 Å². The van der Waals surface area contributed by atoms with Crippen LogP contribution in [0.5, 0.6) is 0 Å². The van der Waals surface area contributed by atoms with Crippen molar-refractivity contribution in [1.82, 2.24) is 4.98 Å². The zero-order valence-electron chi connectivity index (χ0n) is 6.68. The number of hydrogen-bond acceptors (Lipinski definition) is 2. The first-order valence-corrected chi connectivity index (χ1v) is 6.25. The second-order valence-electron chi connectivity index (χ2n) is 2.29. The van der Waals surface area contributed by atoms with Gasteiger partial charge in [0.05, 0.1) is 4.47 Å². The Morgan fingerprint density at radius 3 is 2.83 bits per heavy atom. The summed E-state index contributed by atoms with van der Waals surface area (Å²) in [6.45, 7) is 2.17. The molecule has 66 valence electrons. The lowest BCUT2D eigenvalue weighted by Crippen LogP contribution is -1.83. The molecule has 0 aliphatic heterocycles. The van der Waals surface area contributed by atoms with Crippen molar-refractivity contribution >= 4 is 43.6 Å². The van der Waals surface area contributed by atoms with Crippen LogP contribution in [0.3, 0.4) is 0 Å². The first-order chi connectivity index (χ1) is 5.74. The molecule has 1 heterocycles. The van der Waals surface area contributed by atoms with Crippen LogP contribution in [0.15, 0.2) is 26.2 Å². The summed E-state index contributed by atoms with van der Waals surface area (Å²) in [5.74, 6) is 1.12.